The van der Waals surface area contributed by atoms with E-state index >= 15 is 0 Å². The Bertz CT molecular complexity index is 954. The largest absolute Gasteiger partial charge is 0.433 e. The summed E-state index contributed by atoms with van der Waals surface area (Å²) in [6.07, 6.45) is 1.92. The van der Waals surface area contributed by atoms with E-state index < -0.39 is 26.7 Å². The second-order valence-corrected chi connectivity index (χ2v) is 8.48. The van der Waals surface area contributed by atoms with Gasteiger partial charge in [0.1, 0.15) is 10.7 Å². The number of aromatic nitrogens is 1. The Morgan fingerprint density at radius 2 is 1.97 bits per heavy atom. The van der Waals surface area contributed by atoms with Crippen LogP contribution in [0.1, 0.15) is 17.0 Å². The summed E-state index contributed by atoms with van der Waals surface area (Å²) in [5.41, 5.74) is 0. The van der Waals surface area contributed by atoms with Crippen molar-refractivity contribution in [3.63, 3.8) is 0 Å². The number of nitro groups is 1. The third-order valence-electron chi connectivity index (χ3n) is 4.47. The molecule has 0 atom stereocenters. The standard InChI is InChI=1S/C17H21N5O6S/c23-17(14-5-6-16(28-14)22(24)25)19-8-3-13-29(26,27)21-11-9-20(10-12-21)15-4-1-2-7-18-15/h1-2,4-7H,3,8-13H2,(H,19,23). The number of nitrogens with one attached hydrogen (secondary N) is 1. The number of piperazine rings is 1. The van der Waals surface area contributed by atoms with Gasteiger partial charge in [0.05, 0.1) is 11.8 Å². The number of carbonyl (C=O) groups excluding carboxylic acids is 1. The highest BCUT2D eigenvalue weighted by Gasteiger charge is 2.27. The van der Waals surface area contributed by atoms with Gasteiger partial charge in [-0.15, -0.1) is 0 Å². The summed E-state index contributed by atoms with van der Waals surface area (Å²) < 4.78 is 31.3. The molecule has 1 saturated heterocycles. The minimum Gasteiger partial charge on any atom is -0.395 e. The van der Waals surface area contributed by atoms with Crippen LogP contribution in [0.4, 0.5) is 11.7 Å². The number of furan rings is 1. The molecule has 1 N–H and O–H groups in total. The van der Waals surface area contributed by atoms with E-state index in [1.807, 2.05) is 23.1 Å². The minimum absolute atomic E-state index is 0.102. The zero-order valence-electron chi connectivity index (χ0n) is 15.6. The van der Waals surface area contributed by atoms with E-state index in [2.05, 4.69) is 10.3 Å². The molecule has 1 amide bonds. The van der Waals surface area contributed by atoms with Gasteiger partial charge in [-0.25, -0.2) is 13.4 Å². The van der Waals surface area contributed by atoms with Crippen LogP contribution in [-0.4, -0.2) is 67.0 Å². The molecule has 1 aliphatic heterocycles. The molecule has 156 valence electrons. The van der Waals surface area contributed by atoms with E-state index in [1.165, 1.54) is 10.4 Å². The molecule has 3 heterocycles. The minimum atomic E-state index is -3.44. The average Bonchev–Trinajstić information content (AvgIpc) is 3.23. The van der Waals surface area contributed by atoms with Gasteiger partial charge in [0.15, 0.2) is 5.76 Å². The van der Waals surface area contributed by atoms with Gasteiger partial charge in [-0.05, 0) is 24.6 Å². The lowest BCUT2D eigenvalue weighted by Gasteiger charge is -2.34. The van der Waals surface area contributed by atoms with Crippen molar-refractivity contribution in [3.8, 4) is 0 Å². The lowest BCUT2D eigenvalue weighted by Crippen LogP contribution is -2.49. The molecule has 0 unspecified atom stereocenters. The van der Waals surface area contributed by atoms with Crippen molar-refractivity contribution in [1.29, 1.82) is 0 Å². The summed E-state index contributed by atoms with van der Waals surface area (Å²) in [5, 5.41) is 13.1. The van der Waals surface area contributed by atoms with Gasteiger partial charge < -0.3 is 14.6 Å². The van der Waals surface area contributed by atoms with Crippen LogP contribution < -0.4 is 10.2 Å². The second kappa shape index (κ2) is 9.01. The number of hydrogen-bond acceptors (Lipinski definition) is 8. The molecule has 2 aromatic rings. The Labute approximate surface area is 167 Å². The van der Waals surface area contributed by atoms with Crippen molar-refractivity contribution in [2.75, 3.05) is 43.4 Å². The molecule has 1 fully saturated rings. The zero-order chi connectivity index (χ0) is 20.9. The number of anilines is 1. The molecule has 2 aromatic heterocycles. The number of pyridine rings is 1. The van der Waals surface area contributed by atoms with Gasteiger partial charge >= 0.3 is 5.88 Å². The molecule has 12 heteroatoms. The fourth-order valence-corrected chi connectivity index (χ4v) is 4.44. The maximum Gasteiger partial charge on any atom is 0.433 e. The van der Waals surface area contributed by atoms with Crippen LogP contribution >= 0.6 is 0 Å². The maximum absolute atomic E-state index is 12.5. The lowest BCUT2D eigenvalue weighted by molar-refractivity contribution is -0.402. The topological polar surface area (TPSA) is 139 Å². The molecule has 0 saturated carbocycles. The Morgan fingerprint density at radius 1 is 1.21 bits per heavy atom. The molecule has 0 spiro atoms. The Balaban J connectivity index is 1.42. The van der Waals surface area contributed by atoms with E-state index in [4.69, 9.17) is 4.42 Å². The normalized spacial score (nSPS) is 15.2. The number of rotatable bonds is 8. The first-order valence-corrected chi connectivity index (χ1v) is 10.6. The van der Waals surface area contributed by atoms with Gasteiger partial charge in [-0.2, -0.15) is 4.31 Å². The van der Waals surface area contributed by atoms with Crippen LogP contribution in [-0.2, 0) is 10.0 Å². The quantitative estimate of drug-likeness (QED) is 0.375. The fourth-order valence-electron chi connectivity index (χ4n) is 2.96. The van der Waals surface area contributed by atoms with Crippen LogP contribution in [0.3, 0.4) is 0 Å². The number of hydrogen-bond donors (Lipinski definition) is 1. The van der Waals surface area contributed by atoms with Gasteiger partial charge in [-0.1, -0.05) is 6.07 Å². The van der Waals surface area contributed by atoms with Crippen molar-refractivity contribution in [1.82, 2.24) is 14.6 Å². The van der Waals surface area contributed by atoms with E-state index in [-0.39, 0.29) is 24.5 Å². The Morgan fingerprint density at radius 3 is 2.59 bits per heavy atom. The first-order chi connectivity index (χ1) is 13.9. The molecule has 0 bridgehead atoms. The number of sulfonamides is 1. The zero-order valence-corrected chi connectivity index (χ0v) is 16.4. The smallest absolute Gasteiger partial charge is 0.395 e. The first kappa shape index (κ1) is 20.7. The molecule has 0 aromatic carbocycles. The Hall–Kier alpha value is -2.99. The average molecular weight is 423 g/mol. The molecule has 0 radical (unpaired) electrons. The van der Waals surface area contributed by atoms with Gasteiger partial charge in [-0.3, -0.25) is 14.9 Å². The highest BCUT2D eigenvalue weighted by Crippen LogP contribution is 2.16. The van der Waals surface area contributed by atoms with Crippen molar-refractivity contribution in [3.05, 3.63) is 52.4 Å². The molecular weight excluding hydrogens is 402 g/mol. The SMILES string of the molecule is O=C(NCCCS(=O)(=O)N1CCN(c2ccccn2)CC1)c1ccc([N+](=O)[O-])o1. The van der Waals surface area contributed by atoms with Crippen LogP contribution in [0.5, 0.6) is 0 Å². The summed E-state index contributed by atoms with van der Waals surface area (Å²) >= 11 is 0. The highest BCUT2D eigenvalue weighted by atomic mass is 32.2. The van der Waals surface area contributed by atoms with Crippen LogP contribution in [0.15, 0.2) is 40.9 Å². The van der Waals surface area contributed by atoms with Crippen molar-refractivity contribution < 1.29 is 22.6 Å². The van der Waals surface area contributed by atoms with E-state index in [0.29, 0.717) is 26.2 Å². The molecule has 0 aliphatic carbocycles. The predicted octanol–water partition coefficient (Wildman–Crippen LogP) is 0.855. The van der Waals surface area contributed by atoms with Crippen molar-refractivity contribution in [2.24, 2.45) is 0 Å². The third-order valence-corrected chi connectivity index (χ3v) is 6.42. The van der Waals surface area contributed by atoms with Gasteiger partial charge in [0.25, 0.3) is 5.91 Å². The summed E-state index contributed by atoms with van der Waals surface area (Å²) in [5.74, 6) is -0.618. The van der Waals surface area contributed by atoms with Crippen LogP contribution in [0.25, 0.3) is 0 Å². The highest BCUT2D eigenvalue weighted by molar-refractivity contribution is 7.89. The molecule has 3 rings (SSSR count). The van der Waals surface area contributed by atoms with Gasteiger partial charge in [0, 0.05) is 38.9 Å². The van der Waals surface area contributed by atoms with Crippen LogP contribution in [0, 0.1) is 10.1 Å². The molecule has 29 heavy (non-hydrogen) atoms. The maximum atomic E-state index is 12.5. The third kappa shape index (κ3) is 5.29. The van der Waals surface area contributed by atoms with E-state index in [9.17, 15) is 23.3 Å². The number of amides is 1. The van der Waals surface area contributed by atoms with Crippen molar-refractivity contribution in [2.45, 2.75) is 6.42 Å². The predicted molar refractivity (Wildman–Crippen MR) is 104 cm³/mol. The molecular formula is C17H21N5O6S. The monoisotopic (exact) mass is 423 g/mol. The lowest BCUT2D eigenvalue weighted by atomic mass is 10.3. The molecule has 1 aliphatic rings. The summed E-state index contributed by atoms with van der Waals surface area (Å²) in [7, 11) is -3.44. The van der Waals surface area contributed by atoms with Crippen LogP contribution in [0.2, 0.25) is 0 Å². The van der Waals surface area contributed by atoms with Crippen molar-refractivity contribution >= 4 is 27.6 Å². The second-order valence-electron chi connectivity index (χ2n) is 6.39. The van der Waals surface area contributed by atoms with E-state index in [0.717, 1.165) is 11.9 Å². The number of carbonyl (C=O) groups is 1. The van der Waals surface area contributed by atoms with Gasteiger partial charge in [0.2, 0.25) is 10.0 Å². The van der Waals surface area contributed by atoms with E-state index in [1.54, 1.807) is 6.20 Å². The fraction of sp³-hybridized carbons (Fsp3) is 0.412. The molecule has 11 nitrogen and oxygen atoms in total. The number of nitrogens with zero attached hydrogens (tertiary/aromatic N) is 4. The first-order valence-electron chi connectivity index (χ1n) is 9.03. The summed E-state index contributed by atoms with van der Waals surface area (Å²) in [6.45, 7) is 1.98. The Kier molecular flexibility index (Phi) is 6.44. The summed E-state index contributed by atoms with van der Waals surface area (Å²) in [6, 6.07) is 7.90. The summed E-state index contributed by atoms with van der Waals surface area (Å²) in [4.78, 5) is 28.0.